The highest BCUT2D eigenvalue weighted by Crippen LogP contribution is 2.36. The van der Waals surface area contributed by atoms with Crippen molar-refractivity contribution in [3.05, 3.63) is 51.4 Å². The van der Waals surface area contributed by atoms with Crippen LogP contribution in [0.3, 0.4) is 0 Å². The third kappa shape index (κ3) is 12.0. The molecule has 0 radical (unpaired) electrons. The molecule has 2 aromatic rings. The first-order valence-electron chi connectivity index (χ1n) is 17.3. The lowest BCUT2D eigenvalue weighted by Crippen LogP contribution is -2.59. The predicted octanol–water partition coefficient (Wildman–Crippen LogP) is 4.11. The van der Waals surface area contributed by atoms with Crippen molar-refractivity contribution >= 4 is 51.8 Å². The van der Waals surface area contributed by atoms with Crippen LogP contribution < -0.4 is 32.3 Å². The second kappa shape index (κ2) is 19.5. The third-order valence-corrected chi connectivity index (χ3v) is 9.75. The first-order chi connectivity index (χ1) is 24.7. The number of ether oxygens (including phenoxy) is 1. The smallest absolute Gasteiger partial charge is 0.416 e. The number of hydrogen-bond donors (Lipinski definition) is 6. The molecule has 53 heavy (non-hydrogen) atoms. The molecule has 294 valence electrons. The molecule has 0 aliphatic carbocycles. The van der Waals surface area contributed by atoms with Crippen molar-refractivity contribution in [2.24, 2.45) is 23.5 Å². The molecule has 0 spiro atoms. The molecule has 4 unspecified atom stereocenters. The number of nitrogens with two attached hydrogens (primary N) is 1. The molecular weight excluding hydrogens is 717 g/mol. The van der Waals surface area contributed by atoms with E-state index in [0.717, 1.165) is 30.6 Å². The topological polar surface area (TPSA) is 198 Å². The predicted molar refractivity (Wildman–Crippen MR) is 195 cm³/mol. The summed E-state index contributed by atoms with van der Waals surface area (Å²) in [5.74, 6) is -5.48. The molecule has 0 saturated carbocycles. The Morgan fingerprint density at radius 2 is 1.40 bits per heavy atom. The molecule has 0 fully saturated rings. The molecule has 1 aromatic carbocycles. The standard InChI is InChI=1S/C36H51F3N6O7S/c1-10-23(21-12-11-13-22(16-21)36(37,38)39)29(46)45-34-24(35(51)52-9)20(8)28(53-34)33(50)42-15-14-41-31(48)26(18(4)5)44-32(49)27(19(6)7)43-30(47)25(40)17(2)3/h11-13,16-19,23,25-27H,10,14-15,40H2,1-9H3,(H,41,48)(H,42,50)(H,43,47)(H,44,49)(H,45,46). The minimum absolute atomic E-state index is 0.0131. The van der Waals surface area contributed by atoms with Crippen LogP contribution in [-0.2, 0) is 30.1 Å². The van der Waals surface area contributed by atoms with Crippen LogP contribution in [0.25, 0.3) is 0 Å². The summed E-state index contributed by atoms with van der Waals surface area (Å²) in [5, 5.41) is 13.3. The fourth-order valence-corrected chi connectivity index (χ4v) is 6.40. The lowest BCUT2D eigenvalue weighted by atomic mass is 9.94. The maximum atomic E-state index is 13.3. The first-order valence-corrected chi connectivity index (χ1v) is 18.1. The number of halogens is 3. The van der Waals surface area contributed by atoms with Crippen molar-refractivity contribution in [3.8, 4) is 0 Å². The third-order valence-electron chi connectivity index (χ3n) is 8.54. The van der Waals surface area contributed by atoms with Crippen LogP contribution in [-0.4, -0.2) is 73.8 Å². The summed E-state index contributed by atoms with van der Waals surface area (Å²) in [5.41, 5.74) is 5.28. The minimum atomic E-state index is -4.61. The quantitative estimate of drug-likeness (QED) is 0.102. The maximum absolute atomic E-state index is 13.3. The number of benzene rings is 1. The zero-order valence-corrected chi connectivity index (χ0v) is 32.3. The summed E-state index contributed by atoms with van der Waals surface area (Å²) < 4.78 is 44.9. The van der Waals surface area contributed by atoms with Crippen molar-refractivity contribution in [2.75, 3.05) is 25.5 Å². The van der Waals surface area contributed by atoms with E-state index in [0.29, 0.717) is 0 Å². The van der Waals surface area contributed by atoms with Crippen LogP contribution in [0.2, 0.25) is 0 Å². The summed E-state index contributed by atoms with van der Waals surface area (Å²) in [4.78, 5) is 78.2. The van der Waals surface area contributed by atoms with Crippen LogP contribution in [0.5, 0.6) is 0 Å². The normalized spacial score (nSPS) is 13.9. The minimum Gasteiger partial charge on any atom is -0.465 e. The van der Waals surface area contributed by atoms with Gasteiger partial charge in [-0.1, -0.05) is 66.7 Å². The molecule has 2 rings (SSSR count). The van der Waals surface area contributed by atoms with Crippen molar-refractivity contribution in [3.63, 3.8) is 0 Å². The SMILES string of the molecule is CCC(C(=O)Nc1sc(C(=O)NCCNC(=O)C(NC(=O)C(NC(=O)C(N)C(C)C)C(C)C)C(C)C)c(C)c1C(=O)OC)c1cccc(C(F)(F)F)c1. The number of alkyl halides is 3. The number of hydrogen-bond acceptors (Lipinski definition) is 9. The first kappa shape index (κ1) is 44.7. The molecule has 17 heteroatoms. The van der Waals surface area contributed by atoms with Crippen LogP contribution in [0, 0.1) is 24.7 Å². The zero-order chi connectivity index (χ0) is 40.4. The molecule has 4 atom stereocenters. The van der Waals surface area contributed by atoms with Gasteiger partial charge in [0.15, 0.2) is 0 Å². The number of carbonyl (C=O) groups is 6. The van der Waals surface area contributed by atoms with Gasteiger partial charge in [-0.25, -0.2) is 4.79 Å². The molecule has 13 nitrogen and oxygen atoms in total. The molecule has 7 N–H and O–H groups in total. The van der Waals surface area contributed by atoms with Gasteiger partial charge in [0, 0.05) is 13.1 Å². The van der Waals surface area contributed by atoms with Gasteiger partial charge in [0.05, 0.1) is 35.1 Å². The number of anilines is 1. The van der Waals surface area contributed by atoms with Gasteiger partial charge in [-0.2, -0.15) is 13.2 Å². The number of rotatable bonds is 17. The molecule has 1 heterocycles. The van der Waals surface area contributed by atoms with Gasteiger partial charge < -0.3 is 37.1 Å². The molecule has 0 saturated heterocycles. The summed E-state index contributed by atoms with van der Waals surface area (Å²) >= 11 is 0.791. The van der Waals surface area contributed by atoms with E-state index in [-0.39, 0.29) is 63.8 Å². The van der Waals surface area contributed by atoms with Crippen LogP contribution >= 0.6 is 11.3 Å². The summed E-state index contributed by atoms with van der Waals surface area (Å²) in [6.07, 6.45) is -4.46. The maximum Gasteiger partial charge on any atom is 0.416 e. The van der Waals surface area contributed by atoms with Gasteiger partial charge in [-0.15, -0.1) is 11.3 Å². The van der Waals surface area contributed by atoms with Gasteiger partial charge >= 0.3 is 12.1 Å². The molecule has 0 aliphatic heterocycles. The van der Waals surface area contributed by atoms with Gasteiger partial charge in [-0.05, 0) is 48.3 Å². The Morgan fingerprint density at radius 1 is 0.830 bits per heavy atom. The van der Waals surface area contributed by atoms with Gasteiger partial charge in [0.2, 0.25) is 23.6 Å². The van der Waals surface area contributed by atoms with Crippen molar-refractivity contribution in [1.82, 2.24) is 21.3 Å². The number of esters is 1. The van der Waals surface area contributed by atoms with Gasteiger partial charge in [0.1, 0.15) is 17.1 Å². The van der Waals surface area contributed by atoms with Gasteiger partial charge in [-0.3, -0.25) is 24.0 Å². The summed E-state index contributed by atoms with van der Waals surface area (Å²) in [6.45, 7) is 13.6. The van der Waals surface area contributed by atoms with Gasteiger partial charge in [0.25, 0.3) is 5.91 Å². The molecule has 1 aromatic heterocycles. The van der Waals surface area contributed by atoms with E-state index in [1.54, 1.807) is 48.5 Å². The van der Waals surface area contributed by atoms with Crippen molar-refractivity contribution < 1.29 is 46.7 Å². The average Bonchev–Trinajstić information content (AvgIpc) is 3.41. The Balaban J connectivity index is 2.14. The molecule has 5 amide bonds. The van der Waals surface area contributed by atoms with E-state index in [9.17, 15) is 41.9 Å². The molecular formula is C36H51F3N6O7S. The average molecular weight is 769 g/mol. The number of carbonyl (C=O) groups excluding carboxylic acids is 6. The van der Waals surface area contributed by atoms with Crippen LogP contribution in [0.1, 0.15) is 97.5 Å². The Morgan fingerprint density at radius 3 is 1.92 bits per heavy atom. The number of amides is 5. The summed E-state index contributed by atoms with van der Waals surface area (Å²) in [6, 6.07) is 1.70. The number of thiophene rings is 1. The Hall–Kier alpha value is -4.51. The highest BCUT2D eigenvalue weighted by molar-refractivity contribution is 7.18. The second-order valence-electron chi connectivity index (χ2n) is 13.6. The fraction of sp³-hybridized carbons (Fsp3) is 0.556. The van der Waals surface area contributed by atoms with Crippen molar-refractivity contribution in [1.29, 1.82) is 0 Å². The lowest BCUT2D eigenvalue weighted by molar-refractivity contribution is -0.137. The number of methoxy groups -OCH3 is 1. The molecule has 0 bridgehead atoms. The Labute approximate surface area is 311 Å². The Bertz CT molecular complexity index is 1640. The van der Waals surface area contributed by atoms with E-state index in [1.807, 2.05) is 0 Å². The van der Waals surface area contributed by atoms with E-state index in [2.05, 4.69) is 26.6 Å². The monoisotopic (exact) mass is 768 g/mol. The highest BCUT2D eigenvalue weighted by Gasteiger charge is 2.34. The second-order valence-corrected chi connectivity index (χ2v) is 14.6. The van der Waals surface area contributed by atoms with E-state index in [4.69, 9.17) is 10.5 Å². The number of nitrogens with one attached hydrogen (secondary N) is 5. The summed E-state index contributed by atoms with van der Waals surface area (Å²) in [7, 11) is 1.12. The van der Waals surface area contributed by atoms with Crippen LogP contribution in [0.15, 0.2) is 24.3 Å². The molecule has 0 aliphatic rings. The lowest BCUT2D eigenvalue weighted by Gasteiger charge is -2.28. The van der Waals surface area contributed by atoms with E-state index >= 15 is 0 Å². The Kier molecular flexibility index (Phi) is 16.5. The highest BCUT2D eigenvalue weighted by atomic mass is 32.1. The van der Waals surface area contributed by atoms with E-state index < -0.39 is 71.3 Å². The van der Waals surface area contributed by atoms with Crippen LogP contribution in [0.4, 0.5) is 18.2 Å². The largest absolute Gasteiger partial charge is 0.465 e. The fourth-order valence-electron chi connectivity index (χ4n) is 5.29. The zero-order valence-electron chi connectivity index (χ0n) is 31.4. The van der Waals surface area contributed by atoms with E-state index in [1.165, 1.54) is 19.1 Å². The van der Waals surface area contributed by atoms with Crippen molar-refractivity contribution in [2.45, 2.75) is 92.0 Å².